The largest absolute Gasteiger partial charge is 0.324 e. The third-order valence-electron chi connectivity index (χ3n) is 2.17. The van der Waals surface area contributed by atoms with Gasteiger partial charge in [0.1, 0.15) is 6.33 Å². The number of hydrogen-bond donors (Lipinski definition) is 2. The SMILES string of the molecule is O=C(CSc1ncn[nH]1)Nc1ccc([N+](=O)[O-])cc1Cl. The fourth-order valence-electron chi connectivity index (χ4n) is 1.30. The van der Waals surface area contributed by atoms with Crippen molar-refractivity contribution in [3.8, 4) is 0 Å². The lowest BCUT2D eigenvalue weighted by Crippen LogP contribution is -2.14. The summed E-state index contributed by atoms with van der Waals surface area (Å²) in [5, 5.41) is 20.0. The molecule has 2 aromatic rings. The quantitative estimate of drug-likeness (QED) is 0.496. The Morgan fingerprint density at radius 1 is 1.55 bits per heavy atom. The van der Waals surface area contributed by atoms with Gasteiger partial charge in [0.25, 0.3) is 5.69 Å². The molecule has 20 heavy (non-hydrogen) atoms. The van der Waals surface area contributed by atoms with Crippen LogP contribution in [-0.2, 0) is 4.79 Å². The van der Waals surface area contributed by atoms with Crippen molar-refractivity contribution >= 4 is 40.6 Å². The Labute approximate surface area is 122 Å². The van der Waals surface area contributed by atoms with Gasteiger partial charge in [0.15, 0.2) is 5.16 Å². The molecule has 0 unspecified atom stereocenters. The molecular formula is C10H8ClN5O3S. The van der Waals surface area contributed by atoms with Crippen LogP contribution >= 0.6 is 23.4 Å². The Kier molecular flexibility index (Phi) is 4.53. The third-order valence-corrected chi connectivity index (χ3v) is 3.36. The van der Waals surface area contributed by atoms with Crippen molar-refractivity contribution in [1.82, 2.24) is 15.2 Å². The number of amides is 1. The molecule has 10 heteroatoms. The van der Waals surface area contributed by atoms with Crippen LogP contribution in [0.25, 0.3) is 0 Å². The number of benzene rings is 1. The zero-order valence-corrected chi connectivity index (χ0v) is 11.4. The number of aromatic nitrogens is 3. The third kappa shape index (κ3) is 3.68. The van der Waals surface area contributed by atoms with Crippen molar-refractivity contribution in [2.45, 2.75) is 5.16 Å². The van der Waals surface area contributed by atoms with Crippen LogP contribution in [0.1, 0.15) is 0 Å². The number of non-ortho nitro benzene ring substituents is 1. The smallest absolute Gasteiger partial charge is 0.271 e. The van der Waals surface area contributed by atoms with Gasteiger partial charge in [-0.1, -0.05) is 23.4 Å². The minimum atomic E-state index is -0.558. The van der Waals surface area contributed by atoms with Gasteiger partial charge >= 0.3 is 0 Å². The van der Waals surface area contributed by atoms with Crippen LogP contribution in [-0.4, -0.2) is 31.8 Å². The molecule has 0 spiro atoms. The number of halogens is 1. The zero-order valence-electron chi connectivity index (χ0n) is 9.87. The fourth-order valence-corrected chi connectivity index (χ4v) is 2.10. The Balaban J connectivity index is 1.95. The van der Waals surface area contributed by atoms with Crippen molar-refractivity contribution < 1.29 is 9.72 Å². The highest BCUT2D eigenvalue weighted by atomic mass is 35.5. The molecule has 1 aromatic heterocycles. The number of nitrogens with one attached hydrogen (secondary N) is 2. The van der Waals surface area contributed by atoms with E-state index in [4.69, 9.17) is 11.6 Å². The molecule has 2 N–H and O–H groups in total. The highest BCUT2D eigenvalue weighted by molar-refractivity contribution is 7.99. The first kappa shape index (κ1) is 14.3. The number of nitrogens with zero attached hydrogens (tertiary/aromatic N) is 3. The molecule has 0 saturated carbocycles. The lowest BCUT2D eigenvalue weighted by molar-refractivity contribution is -0.384. The van der Waals surface area contributed by atoms with Crippen molar-refractivity contribution in [2.75, 3.05) is 11.1 Å². The lowest BCUT2D eigenvalue weighted by Gasteiger charge is -2.06. The average molecular weight is 314 g/mol. The molecular weight excluding hydrogens is 306 g/mol. The van der Waals surface area contributed by atoms with Gasteiger partial charge in [-0.2, -0.15) is 5.10 Å². The molecule has 104 valence electrons. The molecule has 0 aliphatic heterocycles. The van der Waals surface area contributed by atoms with Crippen molar-refractivity contribution in [1.29, 1.82) is 0 Å². The predicted molar refractivity (Wildman–Crippen MR) is 73.8 cm³/mol. The lowest BCUT2D eigenvalue weighted by atomic mass is 10.3. The van der Waals surface area contributed by atoms with Crippen LogP contribution in [0, 0.1) is 10.1 Å². The molecule has 0 fully saturated rings. The second kappa shape index (κ2) is 6.35. The minimum Gasteiger partial charge on any atom is -0.324 e. The van der Waals surface area contributed by atoms with E-state index < -0.39 is 4.92 Å². The molecule has 0 bridgehead atoms. The summed E-state index contributed by atoms with van der Waals surface area (Å²) >= 11 is 7.04. The number of thioether (sulfide) groups is 1. The maximum atomic E-state index is 11.7. The molecule has 0 atom stereocenters. The van der Waals surface area contributed by atoms with E-state index in [9.17, 15) is 14.9 Å². The van der Waals surface area contributed by atoms with E-state index >= 15 is 0 Å². The summed E-state index contributed by atoms with van der Waals surface area (Å²) in [6, 6.07) is 3.84. The zero-order chi connectivity index (χ0) is 14.5. The van der Waals surface area contributed by atoms with Crippen LogP contribution in [0.5, 0.6) is 0 Å². The predicted octanol–water partition coefficient (Wildman–Crippen LogP) is 2.10. The summed E-state index contributed by atoms with van der Waals surface area (Å²) in [6.07, 6.45) is 1.34. The van der Waals surface area contributed by atoms with Gasteiger partial charge in [-0.3, -0.25) is 20.0 Å². The van der Waals surface area contributed by atoms with Gasteiger partial charge in [-0.05, 0) is 6.07 Å². The van der Waals surface area contributed by atoms with Crippen molar-refractivity contribution in [3.63, 3.8) is 0 Å². The number of H-pyrrole nitrogens is 1. The number of nitro groups is 1. The first-order chi connectivity index (χ1) is 9.56. The Bertz CT molecular complexity index is 634. The summed E-state index contributed by atoms with van der Waals surface area (Å²) in [4.78, 5) is 25.6. The summed E-state index contributed by atoms with van der Waals surface area (Å²) in [6.45, 7) is 0. The number of aromatic amines is 1. The maximum absolute atomic E-state index is 11.7. The normalized spacial score (nSPS) is 10.2. The average Bonchev–Trinajstić information content (AvgIpc) is 2.91. The van der Waals surface area contributed by atoms with E-state index in [1.165, 1.54) is 36.3 Å². The van der Waals surface area contributed by atoms with E-state index in [0.717, 1.165) is 0 Å². The van der Waals surface area contributed by atoms with E-state index in [2.05, 4.69) is 20.5 Å². The van der Waals surface area contributed by atoms with E-state index in [1.54, 1.807) is 0 Å². The minimum absolute atomic E-state index is 0.109. The van der Waals surface area contributed by atoms with Gasteiger partial charge in [0.05, 0.1) is 21.4 Å². The Hall–Kier alpha value is -2.13. The molecule has 8 nitrogen and oxygen atoms in total. The standard InChI is InChI=1S/C10H8ClN5O3S/c11-7-3-6(16(18)19)1-2-8(7)14-9(17)4-20-10-12-5-13-15-10/h1-3,5H,4H2,(H,14,17)(H,12,13,15). The van der Waals surface area contributed by atoms with Crippen LogP contribution in [0.4, 0.5) is 11.4 Å². The van der Waals surface area contributed by atoms with Crippen LogP contribution in [0.15, 0.2) is 29.7 Å². The molecule has 2 rings (SSSR count). The first-order valence-electron chi connectivity index (χ1n) is 5.28. The number of rotatable bonds is 5. The van der Waals surface area contributed by atoms with E-state index in [0.29, 0.717) is 10.8 Å². The second-order valence-electron chi connectivity index (χ2n) is 3.55. The molecule has 1 amide bonds. The number of nitro benzene ring substituents is 1. The molecule has 0 aliphatic carbocycles. The summed E-state index contributed by atoms with van der Waals surface area (Å²) in [5.74, 6) is -0.190. The van der Waals surface area contributed by atoms with Crippen molar-refractivity contribution in [2.24, 2.45) is 0 Å². The summed E-state index contributed by atoms with van der Waals surface area (Å²) in [5.41, 5.74) is 0.185. The Morgan fingerprint density at radius 2 is 2.35 bits per heavy atom. The van der Waals surface area contributed by atoms with Gasteiger partial charge in [-0.25, -0.2) is 4.98 Å². The van der Waals surface area contributed by atoms with Crippen LogP contribution < -0.4 is 5.32 Å². The Morgan fingerprint density at radius 3 is 2.95 bits per heavy atom. The van der Waals surface area contributed by atoms with Crippen LogP contribution in [0.3, 0.4) is 0 Å². The van der Waals surface area contributed by atoms with Gasteiger partial charge in [0.2, 0.25) is 5.91 Å². The number of hydrogen-bond acceptors (Lipinski definition) is 6. The monoisotopic (exact) mass is 313 g/mol. The summed E-state index contributed by atoms with van der Waals surface area (Å²) < 4.78 is 0. The van der Waals surface area contributed by atoms with Gasteiger partial charge < -0.3 is 5.32 Å². The molecule has 0 saturated heterocycles. The highest BCUT2D eigenvalue weighted by Crippen LogP contribution is 2.26. The van der Waals surface area contributed by atoms with Gasteiger partial charge in [-0.15, -0.1) is 0 Å². The molecule has 0 aliphatic rings. The molecule has 1 heterocycles. The van der Waals surface area contributed by atoms with Crippen molar-refractivity contribution in [3.05, 3.63) is 39.7 Å². The number of anilines is 1. The second-order valence-corrected chi connectivity index (χ2v) is 4.92. The first-order valence-corrected chi connectivity index (χ1v) is 6.64. The molecule has 0 radical (unpaired) electrons. The fraction of sp³-hybridized carbons (Fsp3) is 0.100. The van der Waals surface area contributed by atoms with Gasteiger partial charge in [0, 0.05) is 12.1 Å². The van der Waals surface area contributed by atoms with Crippen LogP contribution in [0.2, 0.25) is 5.02 Å². The van der Waals surface area contributed by atoms with E-state index in [-0.39, 0.29) is 22.4 Å². The maximum Gasteiger partial charge on any atom is 0.271 e. The highest BCUT2D eigenvalue weighted by Gasteiger charge is 2.12. The molecule has 1 aromatic carbocycles. The topological polar surface area (TPSA) is 114 Å². The summed E-state index contributed by atoms with van der Waals surface area (Å²) in [7, 11) is 0. The van der Waals surface area contributed by atoms with E-state index in [1.807, 2.05) is 0 Å². The number of carbonyl (C=O) groups is 1. The number of carbonyl (C=O) groups excluding carboxylic acids is 1.